The minimum Gasteiger partial charge on any atom is -0.379 e. The molecule has 1 saturated heterocycles. The lowest BCUT2D eigenvalue weighted by atomic mass is 10.2. The van der Waals surface area contributed by atoms with Crippen LogP contribution < -0.4 is 0 Å². The Balaban J connectivity index is 1.28. The summed E-state index contributed by atoms with van der Waals surface area (Å²) < 4.78 is 21.6. The Hall–Kier alpha value is -1.52. The Labute approximate surface area is 172 Å². The molecular formula is C20H34N2O7. The van der Waals surface area contributed by atoms with Crippen molar-refractivity contribution in [3.63, 3.8) is 0 Å². The SMILES string of the molecule is C[C@H]1CCN(C(=O)CCOCCOCCOCCOCCN2C(=O)C=CC2O)C1. The van der Waals surface area contributed by atoms with Gasteiger partial charge in [-0.05, 0) is 18.4 Å². The fourth-order valence-electron chi connectivity index (χ4n) is 3.14. The number of amides is 2. The van der Waals surface area contributed by atoms with Crippen molar-refractivity contribution in [3.05, 3.63) is 12.2 Å². The molecule has 0 aromatic carbocycles. The number of rotatable bonds is 15. The van der Waals surface area contributed by atoms with Gasteiger partial charge in [-0.2, -0.15) is 0 Å². The molecule has 2 rings (SSSR count). The van der Waals surface area contributed by atoms with Gasteiger partial charge in [-0.1, -0.05) is 6.92 Å². The summed E-state index contributed by atoms with van der Waals surface area (Å²) in [4.78, 5) is 26.6. The number of aliphatic hydroxyl groups excluding tert-OH is 1. The van der Waals surface area contributed by atoms with E-state index in [1.165, 1.54) is 17.1 Å². The third-order valence-corrected chi connectivity index (χ3v) is 4.84. The predicted molar refractivity (Wildman–Crippen MR) is 105 cm³/mol. The number of hydrogen-bond acceptors (Lipinski definition) is 7. The highest BCUT2D eigenvalue weighted by Gasteiger charge is 2.23. The van der Waals surface area contributed by atoms with E-state index in [0.29, 0.717) is 71.7 Å². The highest BCUT2D eigenvalue weighted by Crippen LogP contribution is 2.15. The average Bonchev–Trinajstić information content (AvgIpc) is 3.28. The summed E-state index contributed by atoms with van der Waals surface area (Å²) in [5, 5.41) is 9.53. The summed E-state index contributed by atoms with van der Waals surface area (Å²) in [6.45, 7) is 7.73. The van der Waals surface area contributed by atoms with Gasteiger partial charge in [0.1, 0.15) is 6.23 Å². The first-order valence-corrected chi connectivity index (χ1v) is 10.3. The smallest absolute Gasteiger partial charge is 0.248 e. The fraction of sp³-hybridized carbons (Fsp3) is 0.800. The first-order valence-electron chi connectivity index (χ1n) is 10.3. The molecule has 0 aliphatic carbocycles. The van der Waals surface area contributed by atoms with E-state index in [9.17, 15) is 14.7 Å². The van der Waals surface area contributed by atoms with Gasteiger partial charge in [0.25, 0.3) is 0 Å². The maximum absolute atomic E-state index is 11.9. The second-order valence-electron chi connectivity index (χ2n) is 7.24. The van der Waals surface area contributed by atoms with Crippen molar-refractivity contribution in [1.82, 2.24) is 9.80 Å². The van der Waals surface area contributed by atoms with E-state index < -0.39 is 6.23 Å². The predicted octanol–water partition coefficient (Wildman–Crippen LogP) is 0.0281. The molecule has 1 N–H and O–H groups in total. The Morgan fingerprint density at radius 3 is 2.14 bits per heavy atom. The summed E-state index contributed by atoms with van der Waals surface area (Å²) in [6, 6.07) is 0. The number of aliphatic hydroxyl groups is 1. The molecule has 0 spiro atoms. The largest absolute Gasteiger partial charge is 0.379 e. The number of nitrogens with zero attached hydrogens (tertiary/aromatic N) is 2. The molecule has 29 heavy (non-hydrogen) atoms. The van der Waals surface area contributed by atoms with Crippen LogP contribution in [0.5, 0.6) is 0 Å². The van der Waals surface area contributed by atoms with Gasteiger partial charge < -0.3 is 33.9 Å². The summed E-state index contributed by atoms with van der Waals surface area (Å²) in [7, 11) is 0. The van der Waals surface area contributed by atoms with Gasteiger partial charge in [0.2, 0.25) is 11.8 Å². The van der Waals surface area contributed by atoms with Crippen LogP contribution in [0.25, 0.3) is 0 Å². The lowest BCUT2D eigenvalue weighted by molar-refractivity contribution is -0.132. The number of hydrogen-bond donors (Lipinski definition) is 1. The van der Waals surface area contributed by atoms with Gasteiger partial charge in [-0.15, -0.1) is 0 Å². The van der Waals surface area contributed by atoms with Gasteiger partial charge in [0.15, 0.2) is 0 Å². The van der Waals surface area contributed by atoms with E-state index in [1.807, 2.05) is 4.90 Å². The second-order valence-corrected chi connectivity index (χ2v) is 7.24. The van der Waals surface area contributed by atoms with Crippen molar-refractivity contribution in [3.8, 4) is 0 Å². The minimum absolute atomic E-state index is 0.172. The van der Waals surface area contributed by atoms with Gasteiger partial charge >= 0.3 is 0 Å². The molecule has 9 heteroatoms. The normalized spacial score (nSPS) is 21.5. The lowest BCUT2D eigenvalue weighted by Gasteiger charge is -2.20. The highest BCUT2D eigenvalue weighted by atomic mass is 16.6. The van der Waals surface area contributed by atoms with E-state index in [1.54, 1.807) is 0 Å². The standard InChI is InChI=1S/C20H34N2O7/c1-17-4-6-21(16-17)18(23)5-8-26-10-12-28-14-15-29-13-11-27-9-7-22-19(24)2-3-20(22)25/h2-3,17,19,24H,4-16H2,1H3/t17-,19?/m0/s1. The third-order valence-electron chi connectivity index (χ3n) is 4.84. The molecule has 0 bridgehead atoms. The third kappa shape index (κ3) is 9.22. The number of carbonyl (C=O) groups excluding carboxylic acids is 2. The van der Waals surface area contributed by atoms with Crippen LogP contribution >= 0.6 is 0 Å². The number of ether oxygens (including phenoxy) is 4. The molecule has 0 radical (unpaired) electrons. The number of carbonyl (C=O) groups is 2. The van der Waals surface area contributed by atoms with E-state index in [-0.39, 0.29) is 11.8 Å². The second kappa shape index (κ2) is 13.7. The van der Waals surface area contributed by atoms with Crippen molar-refractivity contribution in [2.24, 2.45) is 5.92 Å². The molecule has 0 aromatic rings. The Morgan fingerprint density at radius 1 is 1.03 bits per heavy atom. The zero-order valence-electron chi connectivity index (χ0n) is 17.3. The van der Waals surface area contributed by atoms with Crippen LogP contribution in [0.2, 0.25) is 0 Å². The fourth-order valence-corrected chi connectivity index (χ4v) is 3.14. The van der Waals surface area contributed by atoms with Crippen molar-refractivity contribution < 1.29 is 33.6 Å². The number of likely N-dealkylation sites (tertiary alicyclic amines) is 1. The van der Waals surface area contributed by atoms with Gasteiger partial charge in [0.05, 0.1) is 59.3 Å². The van der Waals surface area contributed by atoms with Crippen LogP contribution in [0.4, 0.5) is 0 Å². The molecule has 2 amide bonds. The van der Waals surface area contributed by atoms with Gasteiger partial charge in [0, 0.05) is 25.7 Å². The monoisotopic (exact) mass is 414 g/mol. The molecule has 2 aliphatic rings. The zero-order valence-corrected chi connectivity index (χ0v) is 17.3. The van der Waals surface area contributed by atoms with Crippen molar-refractivity contribution in [1.29, 1.82) is 0 Å². The molecule has 1 fully saturated rings. The molecule has 9 nitrogen and oxygen atoms in total. The quantitative estimate of drug-likeness (QED) is 0.378. The molecule has 2 aliphatic heterocycles. The van der Waals surface area contributed by atoms with E-state index >= 15 is 0 Å². The van der Waals surface area contributed by atoms with Crippen molar-refractivity contribution in [2.75, 3.05) is 72.5 Å². The van der Waals surface area contributed by atoms with Crippen LogP contribution in [0, 0.1) is 5.92 Å². The summed E-state index contributed by atoms with van der Waals surface area (Å²) in [6.07, 6.45) is 3.48. The van der Waals surface area contributed by atoms with Crippen LogP contribution in [-0.4, -0.2) is 105 Å². The molecule has 0 aromatic heterocycles. The van der Waals surface area contributed by atoms with Gasteiger partial charge in [-0.25, -0.2) is 0 Å². The average molecular weight is 414 g/mol. The topological polar surface area (TPSA) is 97.8 Å². The van der Waals surface area contributed by atoms with Crippen LogP contribution in [0.15, 0.2) is 12.2 Å². The van der Waals surface area contributed by atoms with Crippen LogP contribution in [-0.2, 0) is 28.5 Å². The molecule has 2 atom stereocenters. The summed E-state index contributed by atoms with van der Waals surface area (Å²) >= 11 is 0. The van der Waals surface area contributed by atoms with E-state index in [4.69, 9.17) is 18.9 Å². The van der Waals surface area contributed by atoms with Crippen molar-refractivity contribution >= 4 is 11.8 Å². The zero-order chi connectivity index (χ0) is 20.9. The Bertz CT molecular complexity index is 529. The first-order chi connectivity index (χ1) is 14.1. The van der Waals surface area contributed by atoms with E-state index in [2.05, 4.69) is 6.92 Å². The molecule has 166 valence electrons. The molecule has 1 unspecified atom stereocenters. The first kappa shape index (κ1) is 23.8. The minimum atomic E-state index is -0.849. The van der Waals surface area contributed by atoms with E-state index in [0.717, 1.165) is 19.5 Å². The Kier molecular flexibility index (Phi) is 11.2. The maximum atomic E-state index is 11.9. The molecule has 2 heterocycles. The summed E-state index contributed by atoms with van der Waals surface area (Å²) in [5.74, 6) is 0.575. The summed E-state index contributed by atoms with van der Waals surface area (Å²) in [5.41, 5.74) is 0. The van der Waals surface area contributed by atoms with Crippen LogP contribution in [0.1, 0.15) is 19.8 Å². The maximum Gasteiger partial charge on any atom is 0.248 e. The van der Waals surface area contributed by atoms with Gasteiger partial charge in [-0.3, -0.25) is 9.59 Å². The Morgan fingerprint density at radius 2 is 1.62 bits per heavy atom. The molecule has 0 saturated carbocycles. The lowest BCUT2D eigenvalue weighted by Crippen LogP contribution is -2.36. The van der Waals surface area contributed by atoms with Crippen molar-refractivity contribution in [2.45, 2.75) is 26.0 Å². The molecular weight excluding hydrogens is 380 g/mol. The van der Waals surface area contributed by atoms with Crippen LogP contribution in [0.3, 0.4) is 0 Å². The highest BCUT2D eigenvalue weighted by molar-refractivity contribution is 5.90.